The fourth-order valence-corrected chi connectivity index (χ4v) is 1.83. The number of likely N-dealkylation sites (N-methyl/N-ethyl adjacent to an activating group) is 1. The molecule has 1 amide bonds. The fourth-order valence-electron chi connectivity index (χ4n) is 1.59. The predicted molar refractivity (Wildman–Crippen MR) is 78.9 cm³/mol. The van der Waals surface area contributed by atoms with E-state index in [1.807, 2.05) is 12.1 Å². The molecule has 0 spiro atoms. The Morgan fingerprint density at radius 2 is 2.19 bits per heavy atom. The van der Waals surface area contributed by atoms with E-state index in [-0.39, 0.29) is 17.7 Å². The number of hydrogen-bond donors (Lipinski definition) is 0. The highest BCUT2D eigenvalue weighted by molar-refractivity contribution is 6.31. The number of carbonyl (C=O) groups excluding carboxylic acids is 2. The van der Waals surface area contributed by atoms with Crippen LogP contribution in [0.2, 0.25) is 5.15 Å². The Kier molecular flexibility index (Phi) is 4.59. The minimum absolute atomic E-state index is 0.287. The van der Waals surface area contributed by atoms with Gasteiger partial charge in [-0.15, -0.1) is 0 Å². The Morgan fingerprint density at radius 3 is 2.90 bits per heavy atom. The minimum atomic E-state index is -0.618. The number of esters is 1. The van der Waals surface area contributed by atoms with Gasteiger partial charge >= 0.3 is 5.97 Å². The lowest BCUT2D eigenvalue weighted by Gasteiger charge is -2.09. The smallest absolute Gasteiger partial charge is 0.331 e. The van der Waals surface area contributed by atoms with Crippen LogP contribution in [-0.4, -0.2) is 46.9 Å². The molecule has 0 aliphatic carbocycles. The molecular formula is C14H14ClN3O3. The third-order valence-corrected chi connectivity index (χ3v) is 3.01. The van der Waals surface area contributed by atoms with Crippen LogP contribution in [0.25, 0.3) is 11.7 Å². The zero-order valence-electron chi connectivity index (χ0n) is 11.6. The van der Waals surface area contributed by atoms with Crippen molar-refractivity contribution < 1.29 is 14.3 Å². The molecule has 0 atom stereocenters. The van der Waals surface area contributed by atoms with Gasteiger partial charge in [0.1, 0.15) is 5.65 Å². The van der Waals surface area contributed by atoms with Gasteiger partial charge in [-0.25, -0.2) is 9.78 Å². The standard InChI is InChI=1S/C14H14ClN3O3/c1-17(2)12(19)9-21-13(20)7-6-10-14(15)16-11-5-3-4-8-18(10)11/h3-8H,9H2,1-2H3/b7-6+. The lowest BCUT2D eigenvalue weighted by Crippen LogP contribution is -2.27. The largest absolute Gasteiger partial charge is 0.452 e. The molecule has 21 heavy (non-hydrogen) atoms. The monoisotopic (exact) mass is 307 g/mol. The summed E-state index contributed by atoms with van der Waals surface area (Å²) in [6.45, 7) is -0.295. The predicted octanol–water partition coefficient (Wildman–Crippen LogP) is 1.63. The number of rotatable bonds is 4. The molecule has 2 heterocycles. The van der Waals surface area contributed by atoms with Crippen molar-refractivity contribution >= 4 is 35.2 Å². The van der Waals surface area contributed by atoms with Crippen molar-refractivity contribution in [1.82, 2.24) is 14.3 Å². The first kappa shape index (κ1) is 15.1. The Balaban J connectivity index is 2.07. The maximum absolute atomic E-state index is 11.6. The van der Waals surface area contributed by atoms with Gasteiger partial charge in [-0.1, -0.05) is 17.7 Å². The van der Waals surface area contributed by atoms with E-state index in [4.69, 9.17) is 16.3 Å². The maximum atomic E-state index is 11.6. The van der Waals surface area contributed by atoms with Gasteiger partial charge in [-0.2, -0.15) is 0 Å². The van der Waals surface area contributed by atoms with Crippen molar-refractivity contribution in [2.24, 2.45) is 0 Å². The molecule has 2 aromatic heterocycles. The highest BCUT2D eigenvalue weighted by Crippen LogP contribution is 2.18. The molecule has 0 N–H and O–H groups in total. The summed E-state index contributed by atoms with van der Waals surface area (Å²) < 4.78 is 6.57. The number of ether oxygens (including phenoxy) is 1. The van der Waals surface area contributed by atoms with Crippen LogP contribution in [0.1, 0.15) is 5.69 Å². The van der Waals surface area contributed by atoms with Crippen molar-refractivity contribution in [3.05, 3.63) is 41.3 Å². The number of pyridine rings is 1. The molecule has 0 aliphatic rings. The fraction of sp³-hybridized carbons (Fsp3) is 0.214. The molecule has 0 saturated heterocycles. The molecule has 0 radical (unpaired) electrons. The third kappa shape index (κ3) is 3.61. The molecule has 0 unspecified atom stereocenters. The molecule has 7 heteroatoms. The Hall–Kier alpha value is -2.34. The summed E-state index contributed by atoms with van der Waals surface area (Å²) in [6.07, 6.45) is 4.50. The van der Waals surface area contributed by atoms with E-state index < -0.39 is 5.97 Å². The number of carbonyl (C=O) groups is 2. The van der Waals surface area contributed by atoms with Crippen LogP contribution < -0.4 is 0 Å². The summed E-state index contributed by atoms with van der Waals surface area (Å²) in [5, 5.41) is 0.287. The van der Waals surface area contributed by atoms with Crippen LogP contribution in [0, 0.1) is 0 Å². The van der Waals surface area contributed by atoms with E-state index in [0.717, 1.165) is 0 Å². The van der Waals surface area contributed by atoms with Gasteiger partial charge in [0.15, 0.2) is 11.8 Å². The third-order valence-electron chi connectivity index (χ3n) is 2.74. The molecule has 0 saturated carbocycles. The number of aromatic nitrogens is 2. The number of nitrogens with zero attached hydrogens (tertiary/aromatic N) is 3. The summed E-state index contributed by atoms with van der Waals surface area (Å²) in [7, 11) is 3.17. The van der Waals surface area contributed by atoms with Gasteiger partial charge < -0.3 is 9.64 Å². The van der Waals surface area contributed by atoms with Gasteiger partial charge in [0.2, 0.25) is 0 Å². The molecule has 0 aromatic carbocycles. The second-order valence-corrected chi connectivity index (χ2v) is 4.80. The zero-order chi connectivity index (χ0) is 15.4. The molecular weight excluding hydrogens is 294 g/mol. The van der Waals surface area contributed by atoms with Gasteiger partial charge in [-0.05, 0) is 18.2 Å². The highest BCUT2D eigenvalue weighted by atomic mass is 35.5. The Labute approximate surface area is 126 Å². The summed E-state index contributed by atoms with van der Waals surface area (Å²) in [4.78, 5) is 28.4. The van der Waals surface area contributed by atoms with Crippen molar-refractivity contribution in [2.45, 2.75) is 0 Å². The number of amides is 1. The van der Waals surface area contributed by atoms with E-state index >= 15 is 0 Å². The summed E-state index contributed by atoms with van der Waals surface area (Å²) in [6, 6.07) is 5.47. The van der Waals surface area contributed by atoms with Crippen LogP contribution in [-0.2, 0) is 14.3 Å². The van der Waals surface area contributed by atoms with E-state index in [0.29, 0.717) is 11.3 Å². The average Bonchev–Trinajstić information content (AvgIpc) is 2.77. The van der Waals surface area contributed by atoms with Crippen LogP contribution in [0.4, 0.5) is 0 Å². The average molecular weight is 308 g/mol. The zero-order valence-corrected chi connectivity index (χ0v) is 12.4. The summed E-state index contributed by atoms with van der Waals surface area (Å²) >= 11 is 6.02. The van der Waals surface area contributed by atoms with E-state index in [2.05, 4.69) is 4.98 Å². The molecule has 6 nitrogen and oxygen atoms in total. The SMILES string of the molecule is CN(C)C(=O)COC(=O)/C=C/c1c(Cl)nc2ccccn12. The minimum Gasteiger partial charge on any atom is -0.452 e. The van der Waals surface area contributed by atoms with Gasteiger partial charge in [-0.3, -0.25) is 9.20 Å². The van der Waals surface area contributed by atoms with Crippen LogP contribution >= 0.6 is 11.6 Å². The first-order valence-corrected chi connectivity index (χ1v) is 6.54. The van der Waals surface area contributed by atoms with Gasteiger partial charge in [0.25, 0.3) is 5.91 Å². The number of fused-ring (bicyclic) bond motifs is 1. The number of imidazole rings is 1. The molecule has 0 bridgehead atoms. The maximum Gasteiger partial charge on any atom is 0.331 e. The highest BCUT2D eigenvalue weighted by Gasteiger charge is 2.09. The van der Waals surface area contributed by atoms with Crippen LogP contribution in [0.15, 0.2) is 30.5 Å². The normalized spacial score (nSPS) is 11.0. The van der Waals surface area contributed by atoms with Gasteiger partial charge in [0, 0.05) is 26.4 Å². The Bertz CT molecular complexity index is 707. The topological polar surface area (TPSA) is 63.9 Å². The molecule has 2 rings (SSSR count). The van der Waals surface area contributed by atoms with Crippen molar-refractivity contribution in [3.63, 3.8) is 0 Å². The first-order valence-electron chi connectivity index (χ1n) is 6.16. The van der Waals surface area contributed by atoms with E-state index in [9.17, 15) is 9.59 Å². The lowest BCUT2D eigenvalue weighted by molar-refractivity contribution is -0.146. The van der Waals surface area contributed by atoms with Crippen molar-refractivity contribution in [1.29, 1.82) is 0 Å². The summed E-state index contributed by atoms with van der Waals surface area (Å²) in [5.41, 5.74) is 1.25. The van der Waals surface area contributed by atoms with Crippen molar-refractivity contribution in [2.75, 3.05) is 20.7 Å². The van der Waals surface area contributed by atoms with Crippen molar-refractivity contribution in [3.8, 4) is 0 Å². The molecule has 2 aromatic rings. The lowest BCUT2D eigenvalue weighted by atomic mass is 10.4. The van der Waals surface area contributed by atoms with E-state index in [1.54, 1.807) is 30.8 Å². The molecule has 0 fully saturated rings. The quantitative estimate of drug-likeness (QED) is 0.636. The van der Waals surface area contributed by atoms with Crippen LogP contribution in [0.3, 0.4) is 0 Å². The van der Waals surface area contributed by atoms with E-state index in [1.165, 1.54) is 17.1 Å². The Morgan fingerprint density at radius 1 is 1.43 bits per heavy atom. The second-order valence-electron chi connectivity index (χ2n) is 4.45. The molecule has 0 aliphatic heterocycles. The second kappa shape index (κ2) is 6.41. The van der Waals surface area contributed by atoms with Gasteiger partial charge in [0.05, 0.1) is 5.69 Å². The molecule has 110 valence electrons. The number of halogens is 1. The van der Waals surface area contributed by atoms with Crippen LogP contribution in [0.5, 0.6) is 0 Å². The first-order chi connectivity index (χ1) is 9.99. The summed E-state index contributed by atoms with van der Waals surface area (Å²) in [5.74, 6) is -0.906. The number of hydrogen-bond acceptors (Lipinski definition) is 4.